The summed E-state index contributed by atoms with van der Waals surface area (Å²) in [6.45, 7) is 1.30. The summed E-state index contributed by atoms with van der Waals surface area (Å²) < 4.78 is 0. The minimum absolute atomic E-state index is 0.00641. The van der Waals surface area contributed by atoms with Crippen LogP contribution in [0.1, 0.15) is 45.3 Å². The summed E-state index contributed by atoms with van der Waals surface area (Å²) in [6, 6.07) is 11.4. The van der Waals surface area contributed by atoms with E-state index < -0.39 is 5.91 Å². The van der Waals surface area contributed by atoms with Crippen molar-refractivity contribution >= 4 is 22.7 Å². The smallest absolute Gasteiger partial charge is 0.270 e. The van der Waals surface area contributed by atoms with Gasteiger partial charge in [-0.15, -0.1) is 0 Å². The maximum Gasteiger partial charge on any atom is 0.270 e. The first kappa shape index (κ1) is 15.5. The lowest BCUT2D eigenvalue weighted by Crippen LogP contribution is -2.39. The van der Waals surface area contributed by atoms with Crippen LogP contribution in [0.15, 0.2) is 42.6 Å². The molecule has 0 spiro atoms. The molecule has 6 nitrogen and oxygen atoms in total. The molecule has 0 bridgehead atoms. The Bertz CT molecular complexity index is 907. The summed E-state index contributed by atoms with van der Waals surface area (Å²) in [5.74, 6) is -0.344. The average molecular weight is 336 g/mol. The van der Waals surface area contributed by atoms with Crippen molar-refractivity contribution in [2.75, 3.05) is 13.1 Å². The Hall–Kier alpha value is -3.02. The van der Waals surface area contributed by atoms with Gasteiger partial charge in [0, 0.05) is 41.8 Å². The maximum absolute atomic E-state index is 12.9. The SMILES string of the molecule is NC(=O)c1cc[nH]c1C1CCCN(C(=O)c2cc3ccccc3[nH]2)C1. The van der Waals surface area contributed by atoms with E-state index in [2.05, 4.69) is 9.97 Å². The minimum atomic E-state index is -0.435. The first-order valence-electron chi connectivity index (χ1n) is 8.47. The molecule has 4 rings (SSSR count). The monoisotopic (exact) mass is 336 g/mol. The predicted octanol–water partition coefficient (Wildman–Crippen LogP) is 2.61. The molecule has 0 radical (unpaired) electrons. The summed E-state index contributed by atoms with van der Waals surface area (Å²) in [5.41, 5.74) is 8.36. The molecule has 128 valence electrons. The Labute approximate surface area is 145 Å². The second kappa shape index (κ2) is 6.12. The molecule has 3 heterocycles. The Morgan fingerprint density at radius 2 is 2.04 bits per heavy atom. The van der Waals surface area contributed by atoms with Crippen molar-refractivity contribution in [1.82, 2.24) is 14.9 Å². The van der Waals surface area contributed by atoms with E-state index in [0.29, 0.717) is 17.8 Å². The maximum atomic E-state index is 12.9. The van der Waals surface area contributed by atoms with Crippen molar-refractivity contribution in [2.24, 2.45) is 5.73 Å². The molecule has 1 fully saturated rings. The molecule has 25 heavy (non-hydrogen) atoms. The molecule has 3 aromatic rings. The van der Waals surface area contributed by atoms with Crippen molar-refractivity contribution in [2.45, 2.75) is 18.8 Å². The van der Waals surface area contributed by atoms with Gasteiger partial charge in [-0.2, -0.15) is 0 Å². The zero-order chi connectivity index (χ0) is 17.4. The Morgan fingerprint density at radius 1 is 1.20 bits per heavy atom. The second-order valence-corrected chi connectivity index (χ2v) is 6.53. The molecular weight excluding hydrogens is 316 g/mol. The van der Waals surface area contributed by atoms with Gasteiger partial charge < -0.3 is 20.6 Å². The zero-order valence-corrected chi connectivity index (χ0v) is 13.8. The van der Waals surface area contributed by atoms with Crippen molar-refractivity contribution in [3.63, 3.8) is 0 Å². The highest BCUT2D eigenvalue weighted by molar-refractivity contribution is 5.98. The van der Waals surface area contributed by atoms with E-state index in [9.17, 15) is 9.59 Å². The second-order valence-electron chi connectivity index (χ2n) is 6.53. The van der Waals surface area contributed by atoms with Crippen molar-refractivity contribution < 1.29 is 9.59 Å². The fraction of sp³-hybridized carbons (Fsp3) is 0.263. The van der Waals surface area contributed by atoms with Gasteiger partial charge in [-0.3, -0.25) is 9.59 Å². The van der Waals surface area contributed by atoms with E-state index in [0.717, 1.165) is 36.0 Å². The molecule has 2 aromatic heterocycles. The first-order valence-corrected chi connectivity index (χ1v) is 8.47. The fourth-order valence-electron chi connectivity index (χ4n) is 3.69. The topological polar surface area (TPSA) is 95.0 Å². The lowest BCUT2D eigenvalue weighted by atomic mass is 9.92. The number of nitrogens with zero attached hydrogens (tertiary/aromatic N) is 1. The van der Waals surface area contributed by atoms with Gasteiger partial charge in [0.05, 0.1) is 5.56 Å². The highest BCUT2D eigenvalue weighted by atomic mass is 16.2. The van der Waals surface area contributed by atoms with Crippen LogP contribution in [-0.4, -0.2) is 39.8 Å². The number of amides is 2. The van der Waals surface area contributed by atoms with Crippen LogP contribution in [0.5, 0.6) is 0 Å². The van der Waals surface area contributed by atoms with Gasteiger partial charge in [-0.25, -0.2) is 0 Å². The van der Waals surface area contributed by atoms with Crippen LogP contribution in [0.2, 0.25) is 0 Å². The molecule has 1 aromatic carbocycles. The van der Waals surface area contributed by atoms with E-state index in [4.69, 9.17) is 5.73 Å². The number of primary amides is 1. The number of hydrogen-bond acceptors (Lipinski definition) is 2. The molecule has 0 saturated carbocycles. The highest BCUT2D eigenvalue weighted by Crippen LogP contribution is 2.29. The van der Waals surface area contributed by atoms with Gasteiger partial charge in [0.2, 0.25) is 0 Å². The fourth-order valence-corrected chi connectivity index (χ4v) is 3.69. The number of piperidine rings is 1. The molecule has 1 saturated heterocycles. The number of aromatic nitrogens is 2. The van der Waals surface area contributed by atoms with E-state index in [-0.39, 0.29) is 11.8 Å². The Morgan fingerprint density at radius 3 is 2.84 bits per heavy atom. The lowest BCUT2D eigenvalue weighted by molar-refractivity contribution is 0.0701. The molecule has 6 heteroatoms. The molecule has 2 amide bonds. The minimum Gasteiger partial charge on any atom is -0.366 e. The molecule has 4 N–H and O–H groups in total. The van der Waals surface area contributed by atoms with E-state index in [1.54, 1.807) is 12.3 Å². The summed E-state index contributed by atoms with van der Waals surface area (Å²) in [4.78, 5) is 32.7. The number of nitrogens with two attached hydrogens (primary N) is 1. The van der Waals surface area contributed by atoms with Crippen LogP contribution >= 0.6 is 0 Å². The van der Waals surface area contributed by atoms with Gasteiger partial charge in [0.1, 0.15) is 5.69 Å². The summed E-state index contributed by atoms with van der Waals surface area (Å²) in [5, 5.41) is 1.03. The number of hydrogen-bond donors (Lipinski definition) is 3. The number of carbonyl (C=O) groups excluding carboxylic acids is 2. The number of para-hydroxylation sites is 1. The normalized spacial score (nSPS) is 17.8. The van der Waals surface area contributed by atoms with Gasteiger partial charge >= 0.3 is 0 Å². The standard InChI is InChI=1S/C19H20N4O2/c20-18(24)14-7-8-21-17(14)13-5-3-9-23(11-13)19(25)16-10-12-4-1-2-6-15(12)22-16/h1-2,4,6-8,10,13,21-22H,3,5,9,11H2,(H2,20,24). The molecule has 0 aliphatic carbocycles. The number of aromatic amines is 2. The number of rotatable bonds is 3. The van der Waals surface area contributed by atoms with Gasteiger partial charge in [-0.05, 0) is 31.0 Å². The molecule has 1 aliphatic heterocycles. The van der Waals surface area contributed by atoms with E-state index >= 15 is 0 Å². The van der Waals surface area contributed by atoms with Gasteiger partial charge in [-0.1, -0.05) is 18.2 Å². The Balaban J connectivity index is 1.57. The third kappa shape index (κ3) is 2.80. The number of benzene rings is 1. The van der Waals surface area contributed by atoms with Crippen LogP contribution in [0.3, 0.4) is 0 Å². The quantitative estimate of drug-likeness (QED) is 0.685. The van der Waals surface area contributed by atoms with E-state index in [1.165, 1.54) is 0 Å². The third-order valence-corrected chi connectivity index (χ3v) is 4.92. The average Bonchev–Trinajstić information content (AvgIpc) is 3.28. The van der Waals surface area contributed by atoms with Crippen LogP contribution < -0.4 is 5.73 Å². The number of likely N-dealkylation sites (tertiary alicyclic amines) is 1. The summed E-state index contributed by atoms with van der Waals surface area (Å²) in [6.07, 6.45) is 3.55. The lowest BCUT2D eigenvalue weighted by Gasteiger charge is -2.32. The molecule has 1 unspecified atom stereocenters. The van der Waals surface area contributed by atoms with Crippen LogP contribution in [-0.2, 0) is 0 Å². The van der Waals surface area contributed by atoms with Crippen LogP contribution in [0, 0.1) is 0 Å². The predicted molar refractivity (Wildman–Crippen MR) is 95.5 cm³/mol. The number of nitrogens with one attached hydrogen (secondary N) is 2. The summed E-state index contributed by atoms with van der Waals surface area (Å²) in [7, 11) is 0. The summed E-state index contributed by atoms with van der Waals surface area (Å²) >= 11 is 0. The van der Waals surface area contributed by atoms with Gasteiger partial charge in [0.15, 0.2) is 0 Å². The van der Waals surface area contributed by atoms with E-state index in [1.807, 2.05) is 35.2 Å². The Kier molecular flexibility index (Phi) is 3.80. The van der Waals surface area contributed by atoms with Crippen LogP contribution in [0.25, 0.3) is 10.9 Å². The third-order valence-electron chi connectivity index (χ3n) is 4.92. The van der Waals surface area contributed by atoms with Crippen molar-refractivity contribution in [3.8, 4) is 0 Å². The molecule has 1 atom stereocenters. The number of H-pyrrole nitrogens is 2. The van der Waals surface area contributed by atoms with Crippen molar-refractivity contribution in [3.05, 3.63) is 59.5 Å². The molecular formula is C19H20N4O2. The van der Waals surface area contributed by atoms with Crippen molar-refractivity contribution in [1.29, 1.82) is 0 Å². The van der Waals surface area contributed by atoms with Gasteiger partial charge in [0.25, 0.3) is 11.8 Å². The highest BCUT2D eigenvalue weighted by Gasteiger charge is 2.29. The largest absolute Gasteiger partial charge is 0.366 e. The number of fused-ring (bicyclic) bond motifs is 1. The zero-order valence-electron chi connectivity index (χ0n) is 13.8. The molecule has 1 aliphatic rings. The number of carbonyl (C=O) groups is 2. The first-order chi connectivity index (χ1) is 12.1. The van der Waals surface area contributed by atoms with Crippen LogP contribution in [0.4, 0.5) is 0 Å².